The highest BCUT2D eigenvalue weighted by atomic mass is 32.2. The van der Waals surface area contributed by atoms with Gasteiger partial charge in [-0.2, -0.15) is 5.10 Å². The lowest BCUT2D eigenvalue weighted by Crippen LogP contribution is -2.47. The Balaban J connectivity index is 1.95. The lowest BCUT2D eigenvalue weighted by atomic mass is 9.97. The number of piperidine rings is 1. The Hall–Kier alpha value is -1.48. The number of carbonyl (C=O) groups excluding carboxylic acids is 2. The molecule has 0 spiro atoms. The van der Waals surface area contributed by atoms with Crippen molar-refractivity contribution in [3.05, 3.63) is 0 Å². The van der Waals surface area contributed by atoms with E-state index in [1.165, 1.54) is 5.01 Å². The van der Waals surface area contributed by atoms with Gasteiger partial charge in [0.2, 0.25) is 15.9 Å². The van der Waals surface area contributed by atoms with Crippen molar-refractivity contribution in [2.75, 3.05) is 32.9 Å². The summed E-state index contributed by atoms with van der Waals surface area (Å²) in [4.78, 5) is 25.6. The Morgan fingerprint density at radius 2 is 2.14 bits per heavy atom. The first-order valence-electron chi connectivity index (χ1n) is 7.34. The van der Waals surface area contributed by atoms with E-state index in [4.69, 9.17) is 0 Å². The van der Waals surface area contributed by atoms with E-state index in [0.717, 1.165) is 19.1 Å². The number of carbonyl (C=O) groups is 2. The monoisotopic (exact) mass is 330 g/mol. The van der Waals surface area contributed by atoms with Gasteiger partial charge in [0.1, 0.15) is 5.71 Å². The van der Waals surface area contributed by atoms with Crippen LogP contribution in [0.4, 0.5) is 0 Å². The molecule has 124 valence electrons. The zero-order valence-corrected chi connectivity index (χ0v) is 13.7. The Morgan fingerprint density at radius 3 is 2.77 bits per heavy atom. The Bertz CT molecular complexity index is 587. The molecule has 0 saturated carbocycles. The van der Waals surface area contributed by atoms with Crippen LogP contribution in [-0.2, 0) is 19.6 Å². The largest absolute Gasteiger partial charge is 0.337 e. The molecule has 2 aliphatic rings. The van der Waals surface area contributed by atoms with Crippen LogP contribution in [0.3, 0.4) is 0 Å². The Kier molecular flexibility index (Phi) is 5.17. The van der Waals surface area contributed by atoms with Gasteiger partial charge in [-0.05, 0) is 18.8 Å². The van der Waals surface area contributed by atoms with Crippen molar-refractivity contribution in [2.45, 2.75) is 25.7 Å². The molecule has 1 fully saturated rings. The van der Waals surface area contributed by atoms with Crippen molar-refractivity contribution < 1.29 is 18.0 Å². The van der Waals surface area contributed by atoms with Crippen molar-refractivity contribution in [1.29, 1.82) is 0 Å². The molecule has 8 nitrogen and oxygen atoms in total. The number of nitrogens with zero attached hydrogens (tertiary/aromatic N) is 3. The molecule has 2 aliphatic heterocycles. The van der Waals surface area contributed by atoms with E-state index in [0.29, 0.717) is 38.2 Å². The average molecular weight is 330 g/mol. The van der Waals surface area contributed by atoms with Crippen molar-refractivity contribution in [1.82, 2.24) is 14.6 Å². The molecule has 0 aromatic heterocycles. The molecule has 9 heteroatoms. The maximum atomic E-state index is 12.5. The highest BCUT2D eigenvalue weighted by Crippen LogP contribution is 2.18. The van der Waals surface area contributed by atoms with Crippen LogP contribution in [0.1, 0.15) is 25.7 Å². The van der Waals surface area contributed by atoms with Crippen molar-refractivity contribution in [3.8, 4) is 0 Å². The second-order valence-electron chi connectivity index (χ2n) is 5.84. The Labute approximate surface area is 130 Å². The average Bonchev–Trinajstić information content (AvgIpc) is 2.47. The second-order valence-corrected chi connectivity index (χ2v) is 7.68. The fourth-order valence-electron chi connectivity index (χ4n) is 2.69. The highest BCUT2D eigenvalue weighted by molar-refractivity contribution is 7.88. The van der Waals surface area contributed by atoms with E-state index < -0.39 is 10.0 Å². The van der Waals surface area contributed by atoms with Crippen LogP contribution in [0.2, 0.25) is 0 Å². The summed E-state index contributed by atoms with van der Waals surface area (Å²) in [6.45, 7) is 1.50. The van der Waals surface area contributed by atoms with Crippen molar-refractivity contribution in [3.63, 3.8) is 0 Å². The fraction of sp³-hybridized carbons (Fsp3) is 0.769. The number of rotatable bonds is 4. The molecule has 1 unspecified atom stereocenters. The molecule has 2 amide bonds. The molecule has 1 saturated heterocycles. The summed E-state index contributed by atoms with van der Waals surface area (Å²) in [5, 5.41) is 5.26. The van der Waals surface area contributed by atoms with Gasteiger partial charge in [-0.25, -0.2) is 18.1 Å². The minimum Gasteiger partial charge on any atom is -0.337 e. The first-order valence-corrected chi connectivity index (χ1v) is 9.23. The van der Waals surface area contributed by atoms with E-state index in [1.54, 1.807) is 11.9 Å². The molecule has 1 atom stereocenters. The number of hydrazone groups is 1. The summed E-state index contributed by atoms with van der Waals surface area (Å²) in [5.74, 6) is -0.134. The zero-order chi connectivity index (χ0) is 16.3. The maximum absolute atomic E-state index is 12.5. The predicted octanol–water partition coefficient (Wildman–Crippen LogP) is -0.618. The second kappa shape index (κ2) is 6.74. The van der Waals surface area contributed by atoms with Crippen LogP contribution in [0.5, 0.6) is 0 Å². The first kappa shape index (κ1) is 16.9. The van der Waals surface area contributed by atoms with Crippen molar-refractivity contribution in [2.24, 2.45) is 11.0 Å². The van der Waals surface area contributed by atoms with Gasteiger partial charge in [-0.15, -0.1) is 0 Å². The van der Waals surface area contributed by atoms with E-state index in [1.807, 2.05) is 0 Å². The molecule has 1 N–H and O–H groups in total. The third kappa shape index (κ3) is 4.51. The van der Waals surface area contributed by atoms with E-state index >= 15 is 0 Å². The summed E-state index contributed by atoms with van der Waals surface area (Å²) < 4.78 is 24.8. The molecule has 0 aliphatic carbocycles. The smallest absolute Gasteiger partial charge is 0.270 e. The summed E-state index contributed by atoms with van der Waals surface area (Å²) in [5.41, 5.74) is 0.402. The van der Waals surface area contributed by atoms with Crippen LogP contribution in [0.25, 0.3) is 0 Å². The molecular weight excluding hydrogens is 308 g/mol. The molecule has 0 bridgehead atoms. The molecule has 22 heavy (non-hydrogen) atoms. The van der Waals surface area contributed by atoms with Gasteiger partial charge in [-0.1, -0.05) is 0 Å². The van der Waals surface area contributed by atoms with Gasteiger partial charge in [0, 0.05) is 39.5 Å². The van der Waals surface area contributed by atoms with E-state index in [9.17, 15) is 18.0 Å². The molecular formula is C13H22N4O4S. The number of likely N-dealkylation sites (tertiary alicyclic amines) is 1. The minimum atomic E-state index is -3.22. The van der Waals surface area contributed by atoms with E-state index in [-0.39, 0.29) is 17.7 Å². The van der Waals surface area contributed by atoms with Gasteiger partial charge < -0.3 is 4.90 Å². The lowest BCUT2D eigenvalue weighted by molar-refractivity contribution is -0.131. The Morgan fingerprint density at radius 1 is 1.41 bits per heavy atom. The summed E-state index contributed by atoms with van der Waals surface area (Å²) in [6, 6.07) is 0. The molecule has 2 rings (SSSR count). The summed E-state index contributed by atoms with van der Waals surface area (Å²) >= 11 is 0. The minimum absolute atomic E-state index is 0.0922. The quantitative estimate of drug-likeness (QED) is 0.743. The molecule has 0 radical (unpaired) electrons. The van der Waals surface area contributed by atoms with Crippen LogP contribution in [-0.4, -0.2) is 68.8 Å². The normalized spacial score (nSPS) is 23.5. The van der Waals surface area contributed by atoms with Gasteiger partial charge in [-0.3, -0.25) is 9.59 Å². The van der Waals surface area contributed by atoms with E-state index in [2.05, 4.69) is 9.82 Å². The van der Waals surface area contributed by atoms with Gasteiger partial charge >= 0.3 is 0 Å². The maximum Gasteiger partial charge on any atom is 0.270 e. The number of amides is 2. The topological polar surface area (TPSA) is 99.2 Å². The number of nitrogens with one attached hydrogen (secondary N) is 1. The first-order chi connectivity index (χ1) is 10.3. The highest BCUT2D eigenvalue weighted by Gasteiger charge is 2.29. The van der Waals surface area contributed by atoms with Crippen LogP contribution < -0.4 is 4.72 Å². The standard InChI is InChI=1S/C13H22N4O4S/c1-16-12(18)6-5-11(15-16)13(19)17-7-3-4-10(9-17)8-14-22(2,20)21/h10,14H,3-9H2,1-2H3. The van der Waals surface area contributed by atoms with Gasteiger partial charge in [0.15, 0.2) is 0 Å². The number of sulfonamides is 1. The fourth-order valence-corrected chi connectivity index (χ4v) is 3.23. The number of hydrogen-bond acceptors (Lipinski definition) is 5. The SMILES string of the molecule is CN1N=C(C(=O)N2CCCC(CNS(C)(=O)=O)C2)CCC1=O. The van der Waals surface area contributed by atoms with Crippen molar-refractivity contribution >= 4 is 27.5 Å². The van der Waals surface area contributed by atoms with Crippen LogP contribution in [0.15, 0.2) is 5.10 Å². The zero-order valence-electron chi connectivity index (χ0n) is 12.9. The predicted molar refractivity (Wildman–Crippen MR) is 81.6 cm³/mol. The third-order valence-electron chi connectivity index (χ3n) is 3.89. The van der Waals surface area contributed by atoms with Gasteiger partial charge in [0.05, 0.1) is 6.26 Å². The van der Waals surface area contributed by atoms with Gasteiger partial charge in [0.25, 0.3) is 5.91 Å². The van der Waals surface area contributed by atoms with Crippen LogP contribution >= 0.6 is 0 Å². The summed E-state index contributed by atoms with van der Waals surface area (Å²) in [6.07, 6.45) is 3.52. The molecule has 0 aromatic rings. The van der Waals surface area contributed by atoms with Crippen LogP contribution in [0, 0.1) is 5.92 Å². The lowest BCUT2D eigenvalue weighted by Gasteiger charge is -2.33. The third-order valence-corrected chi connectivity index (χ3v) is 4.59. The summed E-state index contributed by atoms with van der Waals surface area (Å²) in [7, 11) is -1.67. The molecule has 0 aromatic carbocycles. The molecule has 2 heterocycles. The number of hydrogen-bond donors (Lipinski definition) is 1.